The third-order valence-corrected chi connectivity index (χ3v) is 2.19. The number of hydrogen-bond donors (Lipinski definition) is 0. The summed E-state index contributed by atoms with van der Waals surface area (Å²) in [6.45, 7) is 3.82. The van der Waals surface area contributed by atoms with E-state index in [1.54, 1.807) is 14.2 Å². The number of aryl methyl sites for hydroxylation is 1. The van der Waals surface area contributed by atoms with Gasteiger partial charge in [-0.15, -0.1) is 0 Å². The molecule has 1 aromatic carbocycles. The summed E-state index contributed by atoms with van der Waals surface area (Å²) in [5.74, 6) is 1.73. The highest BCUT2D eigenvalue weighted by atomic mass is 16.5. The Morgan fingerprint density at radius 3 is 2.57 bits per heavy atom. The molecular weight excluding hydrogens is 176 g/mol. The minimum absolute atomic E-state index is 0.834. The lowest BCUT2D eigenvalue weighted by atomic mass is 10.1. The Hall–Kier alpha value is -1.18. The molecule has 1 aromatic rings. The van der Waals surface area contributed by atoms with Crippen LogP contribution in [0.5, 0.6) is 11.5 Å². The van der Waals surface area contributed by atoms with Gasteiger partial charge in [-0.25, -0.2) is 0 Å². The summed E-state index contributed by atoms with van der Waals surface area (Å²) >= 11 is 0. The fraction of sp³-hybridized carbons (Fsp3) is 0.417. The van der Waals surface area contributed by atoms with Gasteiger partial charge in [-0.05, 0) is 24.5 Å². The predicted molar refractivity (Wildman–Crippen MR) is 57.8 cm³/mol. The lowest BCUT2D eigenvalue weighted by Gasteiger charge is -2.09. The number of methoxy groups -OCH3 is 2. The van der Waals surface area contributed by atoms with Crippen LogP contribution in [-0.2, 0) is 6.42 Å². The van der Waals surface area contributed by atoms with E-state index in [4.69, 9.17) is 9.47 Å². The van der Waals surface area contributed by atoms with Gasteiger partial charge >= 0.3 is 0 Å². The molecule has 0 unspecified atom stereocenters. The normalized spacial score (nSPS) is 9.93. The Morgan fingerprint density at radius 2 is 2.00 bits per heavy atom. The summed E-state index contributed by atoms with van der Waals surface area (Å²) < 4.78 is 10.4. The van der Waals surface area contributed by atoms with Crippen LogP contribution in [0.15, 0.2) is 18.2 Å². The van der Waals surface area contributed by atoms with Crippen LogP contribution < -0.4 is 9.47 Å². The van der Waals surface area contributed by atoms with Crippen molar-refractivity contribution in [1.82, 2.24) is 0 Å². The number of rotatable bonds is 5. The zero-order chi connectivity index (χ0) is 10.4. The summed E-state index contributed by atoms with van der Waals surface area (Å²) in [7, 11) is 3.34. The first kappa shape index (κ1) is 10.9. The van der Waals surface area contributed by atoms with E-state index in [-0.39, 0.29) is 0 Å². The third-order valence-electron chi connectivity index (χ3n) is 2.19. The Morgan fingerprint density at radius 1 is 1.21 bits per heavy atom. The molecule has 0 aliphatic rings. The van der Waals surface area contributed by atoms with Crippen LogP contribution in [0.2, 0.25) is 0 Å². The quantitative estimate of drug-likeness (QED) is 0.716. The minimum Gasteiger partial charge on any atom is -0.497 e. The molecule has 0 heterocycles. The van der Waals surface area contributed by atoms with Gasteiger partial charge in [0.2, 0.25) is 0 Å². The fourth-order valence-corrected chi connectivity index (χ4v) is 1.37. The third kappa shape index (κ3) is 2.66. The van der Waals surface area contributed by atoms with E-state index in [0.717, 1.165) is 30.8 Å². The van der Waals surface area contributed by atoms with E-state index in [1.807, 2.05) is 18.2 Å². The molecule has 0 N–H and O–H groups in total. The highest BCUT2D eigenvalue weighted by Gasteiger charge is 2.03. The largest absolute Gasteiger partial charge is 0.497 e. The molecule has 0 saturated carbocycles. The van der Waals surface area contributed by atoms with Crippen molar-refractivity contribution in [3.8, 4) is 11.5 Å². The van der Waals surface area contributed by atoms with Gasteiger partial charge in [-0.3, -0.25) is 0 Å². The van der Waals surface area contributed by atoms with Crippen LogP contribution in [0.25, 0.3) is 0 Å². The number of benzene rings is 1. The van der Waals surface area contributed by atoms with E-state index in [1.165, 1.54) is 5.56 Å². The van der Waals surface area contributed by atoms with Crippen molar-refractivity contribution in [3.63, 3.8) is 0 Å². The van der Waals surface area contributed by atoms with Crippen LogP contribution in [0, 0.1) is 6.92 Å². The van der Waals surface area contributed by atoms with Gasteiger partial charge in [0.1, 0.15) is 11.5 Å². The standard InChI is InChI=1S/C12H17O2/c1-4-5-6-10-7-8-11(13-2)9-12(10)14-3/h7-9H,1,4-6H2,2-3H3. The summed E-state index contributed by atoms with van der Waals surface area (Å²) in [6, 6.07) is 5.92. The molecule has 1 rings (SSSR count). The molecule has 0 amide bonds. The number of ether oxygens (including phenoxy) is 2. The molecule has 2 heteroatoms. The van der Waals surface area contributed by atoms with E-state index >= 15 is 0 Å². The maximum Gasteiger partial charge on any atom is 0.125 e. The van der Waals surface area contributed by atoms with E-state index in [9.17, 15) is 0 Å². The SMILES string of the molecule is [CH2]CCCc1ccc(OC)cc1OC. The maximum absolute atomic E-state index is 5.28. The Kier molecular flexibility index (Phi) is 4.30. The Bertz CT molecular complexity index is 282. The van der Waals surface area contributed by atoms with Crippen molar-refractivity contribution in [3.05, 3.63) is 30.7 Å². The second kappa shape index (κ2) is 5.53. The smallest absolute Gasteiger partial charge is 0.125 e. The van der Waals surface area contributed by atoms with Crippen LogP contribution >= 0.6 is 0 Å². The van der Waals surface area contributed by atoms with Crippen molar-refractivity contribution in [2.24, 2.45) is 0 Å². The first-order chi connectivity index (χ1) is 6.81. The zero-order valence-corrected chi connectivity index (χ0v) is 8.88. The topological polar surface area (TPSA) is 18.5 Å². The second-order valence-corrected chi connectivity index (χ2v) is 3.13. The molecule has 0 spiro atoms. The molecule has 0 aliphatic carbocycles. The summed E-state index contributed by atoms with van der Waals surface area (Å²) in [5.41, 5.74) is 1.22. The highest BCUT2D eigenvalue weighted by Crippen LogP contribution is 2.25. The molecule has 77 valence electrons. The lowest BCUT2D eigenvalue weighted by molar-refractivity contribution is 0.390. The van der Waals surface area contributed by atoms with Gasteiger partial charge in [0.05, 0.1) is 14.2 Å². The zero-order valence-electron chi connectivity index (χ0n) is 8.88. The van der Waals surface area contributed by atoms with Crippen molar-refractivity contribution in [2.75, 3.05) is 14.2 Å². The van der Waals surface area contributed by atoms with Gasteiger partial charge in [0.15, 0.2) is 0 Å². The second-order valence-electron chi connectivity index (χ2n) is 3.13. The summed E-state index contributed by atoms with van der Waals surface area (Å²) in [5, 5.41) is 0. The summed E-state index contributed by atoms with van der Waals surface area (Å²) in [6.07, 6.45) is 3.05. The lowest BCUT2D eigenvalue weighted by Crippen LogP contribution is -1.93. The molecule has 0 bridgehead atoms. The molecule has 0 saturated heterocycles. The average molecular weight is 193 g/mol. The van der Waals surface area contributed by atoms with Gasteiger partial charge < -0.3 is 9.47 Å². The van der Waals surface area contributed by atoms with Crippen molar-refractivity contribution < 1.29 is 9.47 Å². The molecule has 1 radical (unpaired) electrons. The molecule has 0 aromatic heterocycles. The molecule has 0 fully saturated rings. The van der Waals surface area contributed by atoms with E-state index in [0.29, 0.717) is 0 Å². The first-order valence-electron chi connectivity index (χ1n) is 4.82. The summed E-state index contributed by atoms with van der Waals surface area (Å²) in [4.78, 5) is 0. The van der Waals surface area contributed by atoms with Gasteiger partial charge in [-0.1, -0.05) is 19.4 Å². The van der Waals surface area contributed by atoms with Crippen LogP contribution in [0.4, 0.5) is 0 Å². The molecular formula is C12H17O2. The van der Waals surface area contributed by atoms with Gasteiger partial charge in [0.25, 0.3) is 0 Å². The minimum atomic E-state index is 0.834. The van der Waals surface area contributed by atoms with E-state index < -0.39 is 0 Å². The maximum atomic E-state index is 5.28. The monoisotopic (exact) mass is 193 g/mol. The highest BCUT2D eigenvalue weighted by molar-refractivity contribution is 5.40. The van der Waals surface area contributed by atoms with Crippen LogP contribution in [0.1, 0.15) is 18.4 Å². The van der Waals surface area contributed by atoms with Crippen LogP contribution in [0.3, 0.4) is 0 Å². The van der Waals surface area contributed by atoms with Gasteiger partial charge in [0, 0.05) is 6.07 Å². The molecule has 0 aliphatic heterocycles. The van der Waals surface area contributed by atoms with Crippen molar-refractivity contribution in [1.29, 1.82) is 0 Å². The van der Waals surface area contributed by atoms with E-state index in [2.05, 4.69) is 6.92 Å². The fourth-order valence-electron chi connectivity index (χ4n) is 1.37. The van der Waals surface area contributed by atoms with Crippen molar-refractivity contribution in [2.45, 2.75) is 19.3 Å². The van der Waals surface area contributed by atoms with Crippen LogP contribution in [-0.4, -0.2) is 14.2 Å². The predicted octanol–water partition coefficient (Wildman–Crippen LogP) is 2.86. The molecule has 14 heavy (non-hydrogen) atoms. The molecule has 2 nitrogen and oxygen atoms in total. The first-order valence-corrected chi connectivity index (χ1v) is 4.82. The van der Waals surface area contributed by atoms with Gasteiger partial charge in [-0.2, -0.15) is 0 Å². The Labute approximate surface area is 85.8 Å². The van der Waals surface area contributed by atoms with Crippen molar-refractivity contribution >= 4 is 0 Å². The molecule has 0 atom stereocenters. The Balaban J connectivity index is 2.82. The number of unbranched alkanes of at least 4 members (excludes halogenated alkanes) is 1. The average Bonchev–Trinajstić information content (AvgIpc) is 2.26. The number of hydrogen-bond acceptors (Lipinski definition) is 2.